The summed E-state index contributed by atoms with van der Waals surface area (Å²) in [5.74, 6) is -0.0535. The van der Waals surface area contributed by atoms with Crippen molar-refractivity contribution in [2.75, 3.05) is 12.4 Å². The molecule has 0 atom stereocenters. The third-order valence-corrected chi connectivity index (χ3v) is 3.10. The number of nitriles is 1. The zero-order valence-corrected chi connectivity index (χ0v) is 12.3. The fourth-order valence-electron chi connectivity index (χ4n) is 1.29. The van der Waals surface area contributed by atoms with Gasteiger partial charge in [-0.25, -0.2) is 4.79 Å². The zero-order chi connectivity index (χ0) is 13.4. The van der Waals surface area contributed by atoms with Crippen molar-refractivity contribution in [2.24, 2.45) is 0 Å². The Kier molecular flexibility index (Phi) is 6.55. The predicted molar refractivity (Wildman–Crippen MR) is 76.8 cm³/mol. The lowest BCUT2D eigenvalue weighted by Crippen LogP contribution is -2.09. The maximum Gasteiger partial charge on any atom is 0.334 e. The van der Waals surface area contributed by atoms with Crippen LogP contribution in [0.5, 0.6) is 0 Å². The molecule has 0 amide bonds. The number of nitrogens with zero attached hydrogens (tertiary/aromatic N) is 1. The quantitative estimate of drug-likeness (QED) is 0.471. The van der Waals surface area contributed by atoms with E-state index in [-0.39, 0.29) is 5.97 Å². The van der Waals surface area contributed by atoms with Crippen molar-refractivity contribution in [3.05, 3.63) is 39.9 Å². The Morgan fingerprint density at radius 3 is 3.00 bits per heavy atom. The van der Waals surface area contributed by atoms with E-state index in [0.29, 0.717) is 17.9 Å². The van der Waals surface area contributed by atoms with Gasteiger partial charge in [0.2, 0.25) is 0 Å². The summed E-state index contributed by atoms with van der Waals surface area (Å²) in [4.78, 5) is 11.7. The number of halogens is 1. The number of hydrogen-bond acceptors (Lipinski definition) is 4. The number of benzene rings is 1. The second kappa shape index (κ2) is 7.96. The number of hydrogen-bond donors (Lipinski definition) is 0. The molecule has 0 aliphatic heterocycles. The highest BCUT2D eigenvalue weighted by Gasteiger charge is 2.10. The summed E-state index contributed by atoms with van der Waals surface area (Å²) in [5, 5.41) is 10.5. The smallest absolute Gasteiger partial charge is 0.334 e. The fourth-order valence-corrected chi connectivity index (χ4v) is 2.13. The molecule has 1 rings (SSSR count). The molecule has 0 fully saturated rings. The van der Waals surface area contributed by atoms with Crippen LogP contribution in [0.2, 0.25) is 0 Å². The van der Waals surface area contributed by atoms with E-state index >= 15 is 0 Å². The maximum atomic E-state index is 11.7. The van der Waals surface area contributed by atoms with Gasteiger partial charge in [-0.2, -0.15) is 5.26 Å². The van der Waals surface area contributed by atoms with Gasteiger partial charge in [-0.15, -0.1) is 0 Å². The summed E-state index contributed by atoms with van der Waals surface area (Å²) in [6, 6.07) is 7.58. The molecule has 1 aromatic rings. The molecule has 0 spiro atoms. The molecule has 94 valence electrons. The second-order valence-electron chi connectivity index (χ2n) is 3.33. The van der Waals surface area contributed by atoms with Crippen LogP contribution in [0.1, 0.15) is 12.5 Å². The van der Waals surface area contributed by atoms with Crippen molar-refractivity contribution in [2.45, 2.75) is 6.92 Å². The Morgan fingerprint density at radius 2 is 2.39 bits per heavy atom. The molecular weight excluding hydrogens is 314 g/mol. The minimum absolute atomic E-state index is 0.321. The van der Waals surface area contributed by atoms with Crippen LogP contribution in [-0.2, 0) is 9.53 Å². The molecule has 0 radical (unpaired) electrons. The van der Waals surface area contributed by atoms with Gasteiger partial charge in [0, 0.05) is 15.8 Å². The number of carbonyl (C=O) groups is 1. The molecule has 0 saturated carbocycles. The molecule has 0 aliphatic carbocycles. The highest BCUT2D eigenvalue weighted by Crippen LogP contribution is 2.17. The molecule has 0 saturated heterocycles. The molecule has 18 heavy (non-hydrogen) atoms. The first-order valence-corrected chi connectivity index (χ1v) is 7.09. The molecule has 0 unspecified atom stereocenters. The molecular formula is C13H12BrNO2S. The van der Waals surface area contributed by atoms with E-state index in [0.717, 1.165) is 21.8 Å². The van der Waals surface area contributed by atoms with Gasteiger partial charge in [0.15, 0.2) is 0 Å². The minimum atomic E-state index is -0.375. The van der Waals surface area contributed by atoms with Crippen molar-refractivity contribution >= 4 is 39.7 Å². The maximum absolute atomic E-state index is 11.7. The van der Waals surface area contributed by atoms with Crippen LogP contribution in [0.15, 0.2) is 34.3 Å². The molecule has 0 heterocycles. The van der Waals surface area contributed by atoms with Crippen molar-refractivity contribution in [1.82, 2.24) is 0 Å². The summed E-state index contributed by atoms with van der Waals surface area (Å²) in [5.41, 5.74) is 1.38. The van der Waals surface area contributed by atoms with E-state index in [1.54, 1.807) is 13.0 Å². The minimum Gasteiger partial charge on any atom is -0.463 e. The first kappa shape index (κ1) is 14.8. The van der Waals surface area contributed by atoms with Gasteiger partial charge in [0.1, 0.15) is 5.40 Å². The highest BCUT2D eigenvalue weighted by molar-refractivity contribution is 9.10. The number of ether oxygens (including phenoxy) is 1. The molecule has 0 aliphatic rings. The summed E-state index contributed by atoms with van der Waals surface area (Å²) >= 11 is 4.39. The van der Waals surface area contributed by atoms with E-state index < -0.39 is 0 Å². The normalized spacial score (nSPS) is 10.8. The Bertz CT molecular complexity index is 494. The highest BCUT2D eigenvalue weighted by atomic mass is 79.9. The summed E-state index contributed by atoms with van der Waals surface area (Å²) in [6.45, 7) is 2.08. The van der Waals surface area contributed by atoms with Crippen LogP contribution in [0.4, 0.5) is 0 Å². The monoisotopic (exact) mass is 325 g/mol. The van der Waals surface area contributed by atoms with Gasteiger partial charge in [-0.3, -0.25) is 0 Å². The molecule has 5 heteroatoms. The lowest BCUT2D eigenvalue weighted by Gasteiger charge is -2.05. The van der Waals surface area contributed by atoms with E-state index in [2.05, 4.69) is 15.9 Å². The summed E-state index contributed by atoms with van der Waals surface area (Å²) in [7, 11) is 0. The van der Waals surface area contributed by atoms with E-state index in [4.69, 9.17) is 10.00 Å². The van der Waals surface area contributed by atoms with Gasteiger partial charge in [0.25, 0.3) is 0 Å². The largest absolute Gasteiger partial charge is 0.463 e. The summed E-state index contributed by atoms with van der Waals surface area (Å²) < 4.78 is 5.90. The fraction of sp³-hybridized carbons (Fsp3) is 0.231. The Labute approximate surface area is 119 Å². The zero-order valence-electron chi connectivity index (χ0n) is 9.85. The molecule has 1 aromatic carbocycles. The number of carbonyl (C=O) groups excluding carboxylic acids is 1. The lowest BCUT2D eigenvalue weighted by atomic mass is 10.1. The Balaban J connectivity index is 2.94. The van der Waals surface area contributed by atoms with Crippen molar-refractivity contribution in [1.29, 1.82) is 5.26 Å². The molecule has 0 N–H and O–H groups in total. The first-order chi connectivity index (χ1) is 8.67. The van der Waals surface area contributed by atoms with Crippen LogP contribution >= 0.6 is 27.7 Å². The van der Waals surface area contributed by atoms with Crippen LogP contribution in [-0.4, -0.2) is 18.3 Å². The number of thioether (sulfide) groups is 1. The van der Waals surface area contributed by atoms with Crippen LogP contribution in [0.3, 0.4) is 0 Å². The predicted octanol–water partition coefficient (Wildman–Crippen LogP) is 3.61. The lowest BCUT2D eigenvalue weighted by molar-refractivity contribution is -0.138. The summed E-state index contributed by atoms with van der Waals surface area (Å²) in [6.07, 6.45) is 1.74. The van der Waals surface area contributed by atoms with E-state index in [1.807, 2.05) is 29.7 Å². The first-order valence-electron chi connectivity index (χ1n) is 5.31. The van der Waals surface area contributed by atoms with Gasteiger partial charge in [0.05, 0.1) is 6.61 Å². The number of esters is 1. The van der Waals surface area contributed by atoms with E-state index in [1.165, 1.54) is 0 Å². The second-order valence-corrected chi connectivity index (χ2v) is 5.00. The molecule has 3 nitrogen and oxygen atoms in total. The molecule has 0 bridgehead atoms. The average Bonchev–Trinajstić information content (AvgIpc) is 2.34. The van der Waals surface area contributed by atoms with Gasteiger partial charge < -0.3 is 4.74 Å². The van der Waals surface area contributed by atoms with Crippen molar-refractivity contribution in [3.63, 3.8) is 0 Å². The van der Waals surface area contributed by atoms with Gasteiger partial charge in [-0.05, 0) is 42.5 Å². The number of rotatable bonds is 5. The van der Waals surface area contributed by atoms with Gasteiger partial charge in [-0.1, -0.05) is 28.1 Å². The van der Waals surface area contributed by atoms with Crippen LogP contribution < -0.4 is 0 Å². The van der Waals surface area contributed by atoms with Crippen LogP contribution in [0, 0.1) is 10.7 Å². The standard InChI is InChI=1S/C13H12BrNO2S/c1-2-17-13(16)11(8-18-9-15)6-10-4-3-5-12(14)7-10/h3-7H,2,8H2,1H3/b11-6+. The average molecular weight is 326 g/mol. The number of thiocyanates is 1. The third kappa shape index (κ3) is 4.94. The molecule has 0 aromatic heterocycles. The Hall–Kier alpha value is -1.25. The SMILES string of the molecule is CCOC(=O)/C(=C/c1cccc(Br)c1)CSC#N. The van der Waals surface area contributed by atoms with E-state index in [9.17, 15) is 4.79 Å². The van der Waals surface area contributed by atoms with Gasteiger partial charge >= 0.3 is 5.97 Å². The van der Waals surface area contributed by atoms with Crippen molar-refractivity contribution in [3.8, 4) is 5.40 Å². The third-order valence-electron chi connectivity index (χ3n) is 2.02. The Morgan fingerprint density at radius 1 is 1.61 bits per heavy atom. The topological polar surface area (TPSA) is 50.1 Å². The van der Waals surface area contributed by atoms with Crippen molar-refractivity contribution < 1.29 is 9.53 Å². The van der Waals surface area contributed by atoms with Crippen LogP contribution in [0.25, 0.3) is 6.08 Å².